The van der Waals surface area contributed by atoms with Gasteiger partial charge in [0.2, 0.25) is 0 Å². The number of rotatable bonds is 4. The van der Waals surface area contributed by atoms with E-state index in [1.54, 1.807) is 6.26 Å². The van der Waals surface area contributed by atoms with Gasteiger partial charge in [-0.25, -0.2) is 0 Å². The van der Waals surface area contributed by atoms with Crippen LogP contribution >= 0.6 is 0 Å². The molecule has 17 heavy (non-hydrogen) atoms. The van der Waals surface area contributed by atoms with Gasteiger partial charge in [0, 0.05) is 24.7 Å². The second kappa shape index (κ2) is 5.69. The van der Waals surface area contributed by atoms with Crippen LogP contribution in [-0.2, 0) is 6.54 Å². The number of piperidine rings is 1. The Morgan fingerprint density at radius 2 is 2.35 bits per heavy atom. The first-order chi connectivity index (χ1) is 8.16. The zero-order chi connectivity index (χ0) is 12.3. The summed E-state index contributed by atoms with van der Waals surface area (Å²) in [6.07, 6.45) is 4.46. The first kappa shape index (κ1) is 12.7. The lowest BCUT2D eigenvalue weighted by Crippen LogP contribution is -2.46. The van der Waals surface area contributed by atoms with E-state index in [2.05, 4.69) is 30.3 Å². The molecule has 0 aromatic carbocycles. The Bertz CT molecular complexity index is 348. The van der Waals surface area contributed by atoms with Crippen LogP contribution < -0.4 is 5.32 Å². The van der Waals surface area contributed by atoms with Crippen LogP contribution in [0.1, 0.15) is 31.1 Å². The summed E-state index contributed by atoms with van der Waals surface area (Å²) in [5.41, 5.74) is 1.30. The number of nitrogens with zero attached hydrogens (tertiary/aromatic N) is 1. The molecule has 2 atom stereocenters. The van der Waals surface area contributed by atoms with Gasteiger partial charge in [-0.15, -0.1) is 0 Å². The van der Waals surface area contributed by atoms with Crippen LogP contribution in [0, 0.1) is 12.8 Å². The molecule has 1 aromatic heterocycles. The fraction of sp³-hybridized carbons (Fsp3) is 0.714. The second-order valence-corrected chi connectivity index (χ2v) is 5.38. The highest BCUT2D eigenvalue weighted by Gasteiger charge is 2.22. The van der Waals surface area contributed by atoms with E-state index in [0.29, 0.717) is 6.04 Å². The van der Waals surface area contributed by atoms with E-state index in [1.807, 2.05) is 6.92 Å². The molecule has 0 bridgehead atoms. The van der Waals surface area contributed by atoms with Gasteiger partial charge in [-0.1, -0.05) is 6.92 Å². The molecular formula is C14H24N2O. The Labute approximate surface area is 104 Å². The minimum Gasteiger partial charge on any atom is -0.469 e. The van der Waals surface area contributed by atoms with Gasteiger partial charge in [0.1, 0.15) is 5.76 Å². The average molecular weight is 236 g/mol. The Morgan fingerprint density at radius 3 is 3.00 bits per heavy atom. The minimum atomic E-state index is 0.640. The molecule has 3 heteroatoms. The summed E-state index contributed by atoms with van der Waals surface area (Å²) in [5.74, 6) is 1.83. The van der Waals surface area contributed by atoms with Crippen molar-refractivity contribution < 1.29 is 4.42 Å². The Morgan fingerprint density at radius 1 is 1.53 bits per heavy atom. The van der Waals surface area contributed by atoms with E-state index in [9.17, 15) is 0 Å². The summed E-state index contributed by atoms with van der Waals surface area (Å²) < 4.78 is 5.33. The van der Waals surface area contributed by atoms with Crippen molar-refractivity contribution in [3.8, 4) is 0 Å². The minimum absolute atomic E-state index is 0.640. The molecule has 1 fully saturated rings. The van der Waals surface area contributed by atoms with Gasteiger partial charge in [-0.05, 0) is 45.3 Å². The fourth-order valence-corrected chi connectivity index (χ4v) is 2.62. The maximum atomic E-state index is 5.33. The summed E-state index contributed by atoms with van der Waals surface area (Å²) in [6, 6.07) is 2.71. The van der Waals surface area contributed by atoms with E-state index < -0.39 is 0 Å². The highest BCUT2D eigenvalue weighted by atomic mass is 16.3. The molecular weight excluding hydrogens is 212 g/mol. The molecule has 0 radical (unpaired) electrons. The lowest BCUT2D eigenvalue weighted by Gasteiger charge is -2.33. The topological polar surface area (TPSA) is 28.4 Å². The van der Waals surface area contributed by atoms with Crippen molar-refractivity contribution in [2.45, 2.75) is 39.3 Å². The molecule has 0 saturated carbocycles. The molecule has 0 aliphatic carbocycles. The predicted molar refractivity (Wildman–Crippen MR) is 70.0 cm³/mol. The molecule has 2 rings (SSSR count). The molecule has 1 N–H and O–H groups in total. The third-order valence-electron chi connectivity index (χ3n) is 3.84. The maximum Gasteiger partial charge on any atom is 0.105 e. The Balaban J connectivity index is 1.84. The molecule has 1 aliphatic heterocycles. The molecule has 0 spiro atoms. The number of furan rings is 1. The molecule has 3 nitrogen and oxygen atoms in total. The normalized spacial score (nSPS) is 25.4. The molecule has 1 saturated heterocycles. The van der Waals surface area contributed by atoms with Crippen molar-refractivity contribution >= 4 is 0 Å². The van der Waals surface area contributed by atoms with Crippen molar-refractivity contribution in [1.29, 1.82) is 0 Å². The molecule has 96 valence electrons. The molecule has 2 unspecified atom stereocenters. The summed E-state index contributed by atoms with van der Waals surface area (Å²) in [7, 11) is 2.19. The third kappa shape index (κ3) is 3.33. The lowest BCUT2D eigenvalue weighted by molar-refractivity contribution is 0.211. The fourth-order valence-electron chi connectivity index (χ4n) is 2.62. The lowest BCUT2D eigenvalue weighted by atomic mass is 9.92. The standard InChI is InChI=1S/C14H24N2O/c1-11-5-4-7-15-14(11)10-16(3)9-13-6-8-17-12(13)2/h6,8,11,14-15H,4-5,7,9-10H2,1-3H3. The van der Waals surface area contributed by atoms with Crippen LogP contribution in [0.4, 0.5) is 0 Å². The number of hydrogen-bond acceptors (Lipinski definition) is 3. The van der Waals surface area contributed by atoms with Gasteiger partial charge >= 0.3 is 0 Å². The SMILES string of the molecule is Cc1occc1CN(C)CC1NCCCC1C. The molecule has 2 heterocycles. The Kier molecular flexibility index (Phi) is 4.24. The summed E-state index contributed by atoms with van der Waals surface area (Å²) >= 11 is 0. The summed E-state index contributed by atoms with van der Waals surface area (Å²) in [4.78, 5) is 2.39. The first-order valence-corrected chi connectivity index (χ1v) is 6.61. The quantitative estimate of drug-likeness (QED) is 0.870. The van der Waals surface area contributed by atoms with Crippen LogP contribution in [0.5, 0.6) is 0 Å². The predicted octanol–water partition coefficient (Wildman–Crippen LogP) is 2.41. The van der Waals surface area contributed by atoms with Crippen LogP contribution in [0.3, 0.4) is 0 Å². The zero-order valence-corrected chi connectivity index (χ0v) is 11.2. The highest BCUT2D eigenvalue weighted by molar-refractivity contribution is 5.15. The first-order valence-electron chi connectivity index (χ1n) is 6.61. The number of aryl methyl sites for hydroxylation is 1. The average Bonchev–Trinajstić information content (AvgIpc) is 2.68. The second-order valence-electron chi connectivity index (χ2n) is 5.38. The maximum absolute atomic E-state index is 5.33. The molecule has 1 aromatic rings. The molecule has 0 amide bonds. The van der Waals surface area contributed by atoms with Gasteiger partial charge < -0.3 is 14.6 Å². The van der Waals surface area contributed by atoms with Crippen molar-refractivity contribution in [2.24, 2.45) is 5.92 Å². The largest absolute Gasteiger partial charge is 0.469 e. The van der Waals surface area contributed by atoms with Gasteiger partial charge in [0.05, 0.1) is 6.26 Å². The van der Waals surface area contributed by atoms with Crippen LogP contribution in [0.2, 0.25) is 0 Å². The monoisotopic (exact) mass is 236 g/mol. The van der Waals surface area contributed by atoms with Gasteiger partial charge in [-0.2, -0.15) is 0 Å². The van der Waals surface area contributed by atoms with Crippen molar-refractivity contribution in [1.82, 2.24) is 10.2 Å². The van der Waals surface area contributed by atoms with Crippen molar-refractivity contribution in [3.05, 3.63) is 23.7 Å². The smallest absolute Gasteiger partial charge is 0.105 e. The van der Waals surface area contributed by atoms with E-state index in [-0.39, 0.29) is 0 Å². The van der Waals surface area contributed by atoms with E-state index in [4.69, 9.17) is 4.42 Å². The number of hydrogen-bond donors (Lipinski definition) is 1. The number of likely N-dealkylation sites (N-methyl/N-ethyl adjacent to an activating group) is 1. The zero-order valence-electron chi connectivity index (χ0n) is 11.2. The van der Waals surface area contributed by atoms with Crippen molar-refractivity contribution in [3.63, 3.8) is 0 Å². The van der Waals surface area contributed by atoms with E-state index in [0.717, 1.165) is 24.8 Å². The van der Waals surface area contributed by atoms with Crippen LogP contribution in [-0.4, -0.2) is 31.1 Å². The van der Waals surface area contributed by atoms with E-state index >= 15 is 0 Å². The Hall–Kier alpha value is -0.800. The molecule has 1 aliphatic rings. The highest BCUT2D eigenvalue weighted by Crippen LogP contribution is 2.17. The van der Waals surface area contributed by atoms with Gasteiger partial charge in [0.25, 0.3) is 0 Å². The third-order valence-corrected chi connectivity index (χ3v) is 3.84. The summed E-state index contributed by atoms with van der Waals surface area (Å²) in [6.45, 7) is 7.66. The van der Waals surface area contributed by atoms with E-state index in [1.165, 1.54) is 24.9 Å². The van der Waals surface area contributed by atoms with Crippen LogP contribution in [0.15, 0.2) is 16.7 Å². The van der Waals surface area contributed by atoms with Crippen molar-refractivity contribution in [2.75, 3.05) is 20.1 Å². The van der Waals surface area contributed by atoms with Gasteiger partial charge in [0.15, 0.2) is 0 Å². The summed E-state index contributed by atoms with van der Waals surface area (Å²) in [5, 5.41) is 3.63. The van der Waals surface area contributed by atoms with Gasteiger partial charge in [-0.3, -0.25) is 0 Å². The number of nitrogens with one attached hydrogen (secondary N) is 1. The van der Waals surface area contributed by atoms with Crippen LogP contribution in [0.25, 0.3) is 0 Å².